The maximum absolute atomic E-state index is 10.8. The van der Waals surface area contributed by atoms with E-state index in [4.69, 9.17) is 0 Å². The Balaban J connectivity index is 1.81. The van der Waals surface area contributed by atoms with Gasteiger partial charge in [0.1, 0.15) is 0 Å². The molecule has 1 N–H and O–H groups in total. The number of anilines is 1. The fourth-order valence-corrected chi connectivity index (χ4v) is 3.83. The van der Waals surface area contributed by atoms with Crippen molar-refractivity contribution in [3.63, 3.8) is 0 Å². The van der Waals surface area contributed by atoms with Crippen LogP contribution in [0.5, 0.6) is 0 Å². The summed E-state index contributed by atoms with van der Waals surface area (Å²) < 4.78 is 0. The molecule has 0 unspecified atom stereocenters. The van der Waals surface area contributed by atoms with E-state index in [1.165, 1.54) is 18.5 Å². The maximum atomic E-state index is 10.8. The first-order valence-corrected chi connectivity index (χ1v) is 7.10. The highest BCUT2D eigenvalue weighted by molar-refractivity contribution is 5.46. The van der Waals surface area contributed by atoms with Crippen molar-refractivity contribution in [1.29, 1.82) is 0 Å². The molecule has 0 aromatic carbocycles. The maximum Gasteiger partial charge on any atom is 0.0693 e. The van der Waals surface area contributed by atoms with Gasteiger partial charge < -0.3 is 10.0 Å². The molecular weight excluding hydrogens is 224 g/mol. The molecule has 3 heteroatoms. The number of pyridine rings is 1. The third kappa shape index (κ3) is 1.91. The van der Waals surface area contributed by atoms with Gasteiger partial charge in [0.05, 0.1) is 5.60 Å². The second-order valence-electron chi connectivity index (χ2n) is 5.83. The number of fused-ring (bicyclic) bond motifs is 1. The van der Waals surface area contributed by atoms with E-state index in [0.717, 1.165) is 25.9 Å². The first-order valence-electron chi connectivity index (χ1n) is 7.10. The standard InChI is InChI=1S/C15H22N2O/c1-2-15(18)7-3-4-12-10-17(11-14(12)15)13-5-8-16-9-6-13/h5-6,8-9,12,14,18H,2-4,7,10-11H2,1H3/t12-,14+,15-/m1/s1. The highest BCUT2D eigenvalue weighted by Gasteiger charge is 2.47. The van der Waals surface area contributed by atoms with Crippen molar-refractivity contribution in [2.75, 3.05) is 18.0 Å². The van der Waals surface area contributed by atoms with Crippen molar-refractivity contribution in [2.45, 2.75) is 38.2 Å². The van der Waals surface area contributed by atoms with Crippen molar-refractivity contribution in [3.8, 4) is 0 Å². The summed E-state index contributed by atoms with van der Waals surface area (Å²) in [5.74, 6) is 1.11. The zero-order valence-electron chi connectivity index (χ0n) is 11.0. The molecule has 1 saturated heterocycles. The highest BCUT2D eigenvalue weighted by Crippen LogP contribution is 2.45. The lowest BCUT2D eigenvalue weighted by molar-refractivity contribution is -0.0597. The molecule has 3 nitrogen and oxygen atoms in total. The van der Waals surface area contributed by atoms with Gasteiger partial charge in [-0.1, -0.05) is 13.3 Å². The summed E-state index contributed by atoms with van der Waals surface area (Å²) >= 11 is 0. The zero-order chi connectivity index (χ0) is 12.6. The monoisotopic (exact) mass is 246 g/mol. The molecule has 1 aliphatic heterocycles. The van der Waals surface area contributed by atoms with Gasteiger partial charge in [0.15, 0.2) is 0 Å². The van der Waals surface area contributed by atoms with Crippen LogP contribution in [0.15, 0.2) is 24.5 Å². The number of hydrogen-bond donors (Lipinski definition) is 1. The lowest BCUT2D eigenvalue weighted by Gasteiger charge is -2.40. The van der Waals surface area contributed by atoms with Gasteiger partial charge >= 0.3 is 0 Å². The van der Waals surface area contributed by atoms with E-state index < -0.39 is 5.60 Å². The van der Waals surface area contributed by atoms with Crippen molar-refractivity contribution >= 4 is 5.69 Å². The minimum Gasteiger partial charge on any atom is -0.390 e. The molecule has 0 bridgehead atoms. The smallest absolute Gasteiger partial charge is 0.0693 e. The quantitative estimate of drug-likeness (QED) is 0.871. The molecule has 3 rings (SSSR count). The highest BCUT2D eigenvalue weighted by atomic mass is 16.3. The number of aliphatic hydroxyl groups is 1. The van der Waals surface area contributed by atoms with E-state index >= 15 is 0 Å². The Bertz CT molecular complexity index is 408. The average molecular weight is 246 g/mol. The van der Waals surface area contributed by atoms with E-state index in [0.29, 0.717) is 11.8 Å². The van der Waals surface area contributed by atoms with Crippen LogP contribution in [0.4, 0.5) is 5.69 Å². The number of nitrogens with zero attached hydrogens (tertiary/aromatic N) is 2. The zero-order valence-corrected chi connectivity index (χ0v) is 11.0. The number of aromatic nitrogens is 1. The van der Waals surface area contributed by atoms with Crippen molar-refractivity contribution in [1.82, 2.24) is 4.98 Å². The first kappa shape index (κ1) is 12.0. The molecule has 0 spiro atoms. The normalized spacial score (nSPS) is 35.6. The molecule has 2 fully saturated rings. The topological polar surface area (TPSA) is 36.4 Å². The van der Waals surface area contributed by atoms with Crippen molar-refractivity contribution < 1.29 is 5.11 Å². The van der Waals surface area contributed by atoms with E-state index in [1.54, 1.807) is 0 Å². The summed E-state index contributed by atoms with van der Waals surface area (Å²) in [4.78, 5) is 6.50. The molecule has 2 heterocycles. The van der Waals surface area contributed by atoms with Crippen molar-refractivity contribution in [3.05, 3.63) is 24.5 Å². The molecule has 3 atom stereocenters. The Hall–Kier alpha value is -1.09. The summed E-state index contributed by atoms with van der Waals surface area (Å²) in [6, 6.07) is 4.14. The summed E-state index contributed by atoms with van der Waals surface area (Å²) in [7, 11) is 0. The minimum absolute atomic E-state index is 0.426. The second kappa shape index (κ2) is 4.54. The Kier molecular flexibility index (Phi) is 3.02. The Morgan fingerprint density at radius 2 is 2.17 bits per heavy atom. The Morgan fingerprint density at radius 3 is 2.89 bits per heavy atom. The third-order valence-corrected chi connectivity index (χ3v) is 4.96. The minimum atomic E-state index is -0.426. The average Bonchev–Trinajstić information content (AvgIpc) is 2.86. The largest absolute Gasteiger partial charge is 0.390 e. The van der Waals surface area contributed by atoms with Crippen LogP contribution in [0.25, 0.3) is 0 Å². The van der Waals surface area contributed by atoms with Gasteiger partial charge in [-0.25, -0.2) is 0 Å². The summed E-state index contributed by atoms with van der Waals surface area (Å²) in [6.45, 7) is 4.22. The first-order chi connectivity index (χ1) is 8.73. The Labute approximate surface area is 109 Å². The lowest BCUT2D eigenvalue weighted by atomic mass is 9.69. The number of hydrogen-bond acceptors (Lipinski definition) is 3. The van der Waals surface area contributed by atoms with Crippen LogP contribution in [-0.4, -0.2) is 28.8 Å². The molecule has 98 valence electrons. The van der Waals surface area contributed by atoms with Crippen LogP contribution in [0, 0.1) is 11.8 Å². The van der Waals surface area contributed by atoms with Crippen LogP contribution in [0.1, 0.15) is 32.6 Å². The molecule has 1 aromatic rings. The van der Waals surface area contributed by atoms with Gasteiger partial charge in [-0.05, 0) is 37.3 Å². The molecule has 2 aliphatic rings. The molecule has 18 heavy (non-hydrogen) atoms. The van der Waals surface area contributed by atoms with Crippen LogP contribution in [0.3, 0.4) is 0 Å². The lowest BCUT2D eigenvalue weighted by Crippen LogP contribution is -2.44. The van der Waals surface area contributed by atoms with E-state index in [-0.39, 0.29) is 0 Å². The van der Waals surface area contributed by atoms with Crippen LogP contribution in [0.2, 0.25) is 0 Å². The summed E-state index contributed by atoms with van der Waals surface area (Å²) in [6.07, 6.45) is 8.02. The van der Waals surface area contributed by atoms with E-state index in [1.807, 2.05) is 12.4 Å². The van der Waals surface area contributed by atoms with Gasteiger partial charge in [-0.3, -0.25) is 4.98 Å². The van der Waals surface area contributed by atoms with E-state index in [9.17, 15) is 5.11 Å². The molecule has 1 aliphatic carbocycles. The van der Waals surface area contributed by atoms with Gasteiger partial charge in [0, 0.05) is 37.1 Å². The van der Waals surface area contributed by atoms with Crippen LogP contribution >= 0.6 is 0 Å². The number of rotatable bonds is 2. The van der Waals surface area contributed by atoms with Crippen molar-refractivity contribution in [2.24, 2.45) is 11.8 Å². The van der Waals surface area contributed by atoms with Crippen LogP contribution < -0.4 is 4.90 Å². The predicted molar refractivity (Wildman–Crippen MR) is 72.5 cm³/mol. The fourth-order valence-electron chi connectivity index (χ4n) is 3.83. The van der Waals surface area contributed by atoms with Gasteiger partial charge in [-0.15, -0.1) is 0 Å². The van der Waals surface area contributed by atoms with E-state index in [2.05, 4.69) is 28.9 Å². The predicted octanol–water partition coefficient (Wildman–Crippen LogP) is 2.46. The van der Waals surface area contributed by atoms with Gasteiger partial charge in [-0.2, -0.15) is 0 Å². The Morgan fingerprint density at radius 1 is 1.39 bits per heavy atom. The third-order valence-electron chi connectivity index (χ3n) is 4.96. The fraction of sp³-hybridized carbons (Fsp3) is 0.667. The molecule has 1 aromatic heterocycles. The van der Waals surface area contributed by atoms with Gasteiger partial charge in [0.2, 0.25) is 0 Å². The SMILES string of the molecule is CC[C@@]1(O)CCC[C@@H]2CN(c3ccncc3)C[C@@H]21. The summed E-state index contributed by atoms with van der Waals surface area (Å²) in [5.41, 5.74) is 0.822. The second-order valence-corrected chi connectivity index (χ2v) is 5.83. The van der Waals surface area contributed by atoms with Crippen LogP contribution in [-0.2, 0) is 0 Å². The summed E-state index contributed by atoms with van der Waals surface area (Å²) in [5, 5.41) is 10.8. The molecular formula is C15H22N2O. The van der Waals surface area contributed by atoms with Gasteiger partial charge in [0.25, 0.3) is 0 Å². The molecule has 1 saturated carbocycles. The molecule has 0 amide bonds. The molecule has 0 radical (unpaired) electrons.